The van der Waals surface area contributed by atoms with Crippen molar-refractivity contribution in [2.45, 2.75) is 26.3 Å². The quantitative estimate of drug-likeness (QED) is 0.885. The molecular weight excluding hydrogens is 319 g/mol. The van der Waals surface area contributed by atoms with Crippen molar-refractivity contribution in [3.63, 3.8) is 0 Å². The van der Waals surface area contributed by atoms with Crippen LogP contribution < -0.4 is 5.32 Å². The first-order valence-corrected chi connectivity index (χ1v) is 7.49. The summed E-state index contributed by atoms with van der Waals surface area (Å²) in [5.74, 6) is -0.158. The van der Waals surface area contributed by atoms with Crippen LogP contribution >= 0.6 is 15.9 Å². The zero-order valence-electron chi connectivity index (χ0n) is 11.7. The number of halogens is 2. The standard InChI is InChI=1S/C16H18BrFN2/c1-3-19-16(9-14-7-6-13(17)10-20-14)12-5-4-11(2)15(18)8-12/h4-8,10,16,19H,3,9H2,1-2H3. The van der Waals surface area contributed by atoms with E-state index in [1.807, 2.05) is 31.2 Å². The molecule has 1 N–H and O–H groups in total. The Bertz CT molecular complexity index is 569. The Balaban J connectivity index is 2.21. The van der Waals surface area contributed by atoms with E-state index in [4.69, 9.17) is 0 Å². The van der Waals surface area contributed by atoms with Crippen LogP contribution in [0.3, 0.4) is 0 Å². The van der Waals surface area contributed by atoms with E-state index in [-0.39, 0.29) is 11.9 Å². The highest BCUT2D eigenvalue weighted by Gasteiger charge is 2.13. The van der Waals surface area contributed by atoms with Crippen molar-refractivity contribution in [3.05, 3.63) is 63.6 Å². The molecule has 2 aromatic rings. The molecule has 106 valence electrons. The fourth-order valence-electron chi connectivity index (χ4n) is 2.12. The van der Waals surface area contributed by atoms with Gasteiger partial charge in [-0.05, 0) is 58.7 Å². The van der Waals surface area contributed by atoms with E-state index in [1.165, 1.54) is 0 Å². The summed E-state index contributed by atoms with van der Waals surface area (Å²) in [5.41, 5.74) is 2.62. The number of nitrogens with one attached hydrogen (secondary N) is 1. The lowest BCUT2D eigenvalue weighted by atomic mass is 10.00. The summed E-state index contributed by atoms with van der Waals surface area (Å²) >= 11 is 3.38. The van der Waals surface area contributed by atoms with Gasteiger partial charge in [0.05, 0.1) is 0 Å². The van der Waals surface area contributed by atoms with Crippen LogP contribution in [-0.4, -0.2) is 11.5 Å². The number of likely N-dealkylation sites (N-methyl/N-ethyl adjacent to an activating group) is 1. The van der Waals surface area contributed by atoms with Crippen LogP contribution in [0.15, 0.2) is 41.0 Å². The van der Waals surface area contributed by atoms with Gasteiger partial charge in [-0.3, -0.25) is 4.98 Å². The summed E-state index contributed by atoms with van der Waals surface area (Å²) in [5, 5.41) is 3.39. The maximum Gasteiger partial charge on any atom is 0.126 e. The predicted octanol–water partition coefficient (Wildman–Crippen LogP) is 4.18. The Morgan fingerprint density at radius 3 is 2.70 bits per heavy atom. The summed E-state index contributed by atoms with van der Waals surface area (Å²) in [6.45, 7) is 4.65. The van der Waals surface area contributed by atoms with Crippen LogP contribution in [0.25, 0.3) is 0 Å². The zero-order valence-corrected chi connectivity index (χ0v) is 13.2. The molecule has 0 bridgehead atoms. The number of nitrogens with zero attached hydrogens (tertiary/aromatic N) is 1. The third-order valence-electron chi connectivity index (χ3n) is 3.25. The first-order valence-electron chi connectivity index (χ1n) is 6.70. The molecule has 2 nitrogen and oxygen atoms in total. The number of rotatable bonds is 5. The number of hydrogen-bond donors (Lipinski definition) is 1. The van der Waals surface area contributed by atoms with Gasteiger partial charge in [0.1, 0.15) is 5.82 Å². The Kier molecular flexibility index (Phi) is 5.26. The molecule has 1 unspecified atom stereocenters. The van der Waals surface area contributed by atoms with Gasteiger partial charge in [-0.25, -0.2) is 4.39 Å². The van der Waals surface area contributed by atoms with Crippen LogP contribution in [0.5, 0.6) is 0 Å². The topological polar surface area (TPSA) is 24.9 Å². The molecule has 0 aliphatic rings. The summed E-state index contributed by atoms with van der Waals surface area (Å²) in [6.07, 6.45) is 2.53. The highest BCUT2D eigenvalue weighted by Crippen LogP contribution is 2.20. The van der Waals surface area contributed by atoms with E-state index in [2.05, 4.69) is 26.2 Å². The van der Waals surface area contributed by atoms with Gasteiger partial charge in [-0.2, -0.15) is 0 Å². The molecule has 1 aromatic heterocycles. The van der Waals surface area contributed by atoms with Crippen LogP contribution in [0.2, 0.25) is 0 Å². The monoisotopic (exact) mass is 336 g/mol. The molecule has 0 spiro atoms. The normalized spacial score (nSPS) is 12.4. The molecule has 0 fully saturated rings. The number of benzene rings is 1. The van der Waals surface area contributed by atoms with E-state index in [0.717, 1.165) is 28.7 Å². The van der Waals surface area contributed by atoms with Crippen molar-refractivity contribution in [3.8, 4) is 0 Å². The second kappa shape index (κ2) is 6.95. The van der Waals surface area contributed by atoms with Gasteiger partial charge in [-0.15, -0.1) is 0 Å². The lowest BCUT2D eigenvalue weighted by Crippen LogP contribution is -2.23. The summed E-state index contributed by atoms with van der Waals surface area (Å²) in [6, 6.07) is 9.44. The lowest BCUT2D eigenvalue weighted by Gasteiger charge is -2.18. The molecule has 0 aliphatic carbocycles. The number of hydrogen-bond acceptors (Lipinski definition) is 2. The second-order valence-electron chi connectivity index (χ2n) is 4.79. The maximum atomic E-state index is 13.7. The van der Waals surface area contributed by atoms with Gasteiger partial charge < -0.3 is 5.32 Å². The van der Waals surface area contributed by atoms with Crippen molar-refractivity contribution < 1.29 is 4.39 Å². The number of aryl methyl sites for hydroxylation is 1. The third-order valence-corrected chi connectivity index (χ3v) is 3.72. The van der Waals surface area contributed by atoms with E-state index < -0.39 is 0 Å². The van der Waals surface area contributed by atoms with Gasteiger partial charge >= 0.3 is 0 Å². The van der Waals surface area contributed by atoms with Crippen molar-refractivity contribution in [2.24, 2.45) is 0 Å². The highest BCUT2D eigenvalue weighted by molar-refractivity contribution is 9.10. The van der Waals surface area contributed by atoms with Crippen molar-refractivity contribution >= 4 is 15.9 Å². The predicted molar refractivity (Wildman–Crippen MR) is 83.2 cm³/mol. The van der Waals surface area contributed by atoms with Gasteiger partial charge in [-0.1, -0.05) is 19.1 Å². The smallest absolute Gasteiger partial charge is 0.126 e. The van der Waals surface area contributed by atoms with Gasteiger partial charge in [0.2, 0.25) is 0 Å². The molecule has 4 heteroatoms. The van der Waals surface area contributed by atoms with E-state index in [9.17, 15) is 4.39 Å². The molecule has 1 heterocycles. The molecule has 20 heavy (non-hydrogen) atoms. The van der Waals surface area contributed by atoms with Gasteiger partial charge in [0.15, 0.2) is 0 Å². The number of pyridine rings is 1. The van der Waals surface area contributed by atoms with E-state index in [1.54, 1.807) is 19.2 Å². The first kappa shape index (κ1) is 15.1. The highest BCUT2D eigenvalue weighted by atomic mass is 79.9. The fourth-order valence-corrected chi connectivity index (χ4v) is 2.35. The third kappa shape index (κ3) is 3.87. The Labute approximate surface area is 127 Å². The van der Waals surface area contributed by atoms with Gasteiger partial charge in [0.25, 0.3) is 0 Å². The molecule has 1 aromatic carbocycles. The van der Waals surface area contributed by atoms with E-state index in [0.29, 0.717) is 5.56 Å². The zero-order chi connectivity index (χ0) is 14.5. The maximum absolute atomic E-state index is 13.7. The molecular formula is C16H18BrFN2. The van der Waals surface area contributed by atoms with Gasteiger partial charge in [0, 0.05) is 28.8 Å². The molecule has 0 amide bonds. The van der Waals surface area contributed by atoms with Crippen LogP contribution in [0, 0.1) is 12.7 Å². The summed E-state index contributed by atoms with van der Waals surface area (Å²) < 4.78 is 14.7. The average Bonchev–Trinajstić information content (AvgIpc) is 2.44. The number of aromatic nitrogens is 1. The Morgan fingerprint density at radius 1 is 1.30 bits per heavy atom. The van der Waals surface area contributed by atoms with Crippen molar-refractivity contribution in [1.29, 1.82) is 0 Å². The SMILES string of the molecule is CCNC(Cc1ccc(Br)cn1)c1ccc(C)c(F)c1. The second-order valence-corrected chi connectivity index (χ2v) is 5.71. The molecule has 0 aliphatic heterocycles. The Morgan fingerprint density at radius 2 is 2.10 bits per heavy atom. The average molecular weight is 337 g/mol. The summed E-state index contributed by atoms with van der Waals surface area (Å²) in [7, 11) is 0. The van der Waals surface area contributed by atoms with E-state index >= 15 is 0 Å². The summed E-state index contributed by atoms with van der Waals surface area (Å²) in [4.78, 5) is 4.39. The molecule has 1 atom stereocenters. The van der Waals surface area contributed by atoms with Crippen molar-refractivity contribution in [1.82, 2.24) is 10.3 Å². The minimum absolute atomic E-state index is 0.0729. The molecule has 2 rings (SSSR count). The first-order chi connectivity index (χ1) is 9.60. The minimum atomic E-state index is -0.158. The minimum Gasteiger partial charge on any atom is -0.310 e. The van der Waals surface area contributed by atoms with Crippen LogP contribution in [0.1, 0.15) is 29.8 Å². The lowest BCUT2D eigenvalue weighted by molar-refractivity contribution is 0.536. The molecule has 0 radical (unpaired) electrons. The van der Waals surface area contributed by atoms with Crippen LogP contribution in [-0.2, 0) is 6.42 Å². The van der Waals surface area contributed by atoms with Crippen LogP contribution in [0.4, 0.5) is 4.39 Å². The molecule has 0 saturated heterocycles. The largest absolute Gasteiger partial charge is 0.310 e. The van der Waals surface area contributed by atoms with Crippen molar-refractivity contribution in [2.75, 3.05) is 6.54 Å². The Hall–Kier alpha value is -1.26. The fraction of sp³-hybridized carbons (Fsp3) is 0.312. The molecule has 0 saturated carbocycles.